The van der Waals surface area contributed by atoms with E-state index in [1.54, 1.807) is 13.4 Å². The molecule has 2 N–H and O–H groups in total. The summed E-state index contributed by atoms with van der Waals surface area (Å²) in [5.74, 6) is 1.93. The maximum atomic E-state index is 5.38. The lowest BCUT2D eigenvalue weighted by Crippen LogP contribution is -2.41. The van der Waals surface area contributed by atoms with Gasteiger partial charge in [-0.2, -0.15) is 0 Å². The van der Waals surface area contributed by atoms with Gasteiger partial charge < -0.3 is 19.8 Å². The molecule has 1 saturated carbocycles. The highest BCUT2D eigenvalue weighted by molar-refractivity contribution is 5.79. The van der Waals surface area contributed by atoms with Crippen LogP contribution in [0.15, 0.2) is 27.8 Å². The van der Waals surface area contributed by atoms with E-state index in [2.05, 4.69) is 17.6 Å². The van der Waals surface area contributed by atoms with Crippen molar-refractivity contribution in [3.8, 4) is 0 Å². The zero-order valence-corrected chi connectivity index (χ0v) is 15.3. The van der Waals surface area contributed by atoms with Gasteiger partial charge in [0.25, 0.3) is 0 Å². The van der Waals surface area contributed by atoms with Crippen molar-refractivity contribution in [3.63, 3.8) is 0 Å². The van der Waals surface area contributed by atoms with Gasteiger partial charge in [-0.3, -0.25) is 4.99 Å². The molecule has 0 radical (unpaired) electrons. The quantitative estimate of drug-likeness (QED) is 0.370. The molecule has 0 saturated heterocycles. The molecule has 5 nitrogen and oxygen atoms in total. The molecule has 0 unspecified atom stereocenters. The van der Waals surface area contributed by atoms with Gasteiger partial charge in [-0.15, -0.1) is 0 Å². The van der Waals surface area contributed by atoms with E-state index in [0.29, 0.717) is 5.41 Å². The molecule has 1 heterocycles. The van der Waals surface area contributed by atoms with E-state index < -0.39 is 0 Å². The molecule has 24 heavy (non-hydrogen) atoms. The molecule has 1 aliphatic carbocycles. The minimum atomic E-state index is 0.358. The van der Waals surface area contributed by atoms with Crippen LogP contribution in [0.3, 0.4) is 0 Å². The molecular weight excluding hydrogens is 302 g/mol. The van der Waals surface area contributed by atoms with Crippen molar-refractivity contribution in [2.75, 3.05) is 33.4 Å². The molecule has 1 fully saturated rings. The number of methoxy groups -OCH3 is 1. The summed E-state index contributed by atoms with van der Waals surface area (Å²) >= 11 is 0. The Morgan fingerprint density at radius 2 is 2.17 bits per heavy atom. The molecule has 1 aromatic rings. The van der Waals surface area contributed by atoms with E-state index in [-0.39, 0.29) is 0 Å². The normalized spacial score (nSPS) is 16.7. The van der Waals surface area contributed by atoms with E-state index in [4.69, 9.17) is 14.1 Å². The van der Waals surface area contributed by atoms with Crippen molar-refractivity contribution in [2.24, 2.45) is 10.4 Å². The van der Waals surface area contributed by atoms with Crippen molar-refractivity contribution in [1.82, 2.24) is 10.6 Å². The zero-order chi connectivity index (χ0) is 17.1. The van der Waals surface area contributed by atoms with Crippen LogP contribution in [0.4, 0.5) is 0 Å². The number of nitrogens with zero attached hydrogens (tertiary/aromatic N) is 1. The topological polar surface area (TPSA) is 58.8 Å². The van der Waals surface area contributed by atoms with Crippen molar-refractivity contribution in [1.29, 1.82) is 0 Å². The average molecular weight is 335 g/mol. The molecule has 0 aliphatic heterocycles. The Balaban J connectivity index is 1.83. The first-order chi connectivity index (χ1) is 11.8. The van der Waals surface area contributed by atoms with Crippen LogP contribution >= 0.6 is 0 Å². The molecular formula is C19H33N3O2. The molecule has 1 aliphatic rings. The van der Waals surface area contributed by atoms with Crippen LogP contribution < -0.4 is 10.6 Å². The lowest BCUT2D eigenvalue weighted by Gasteiger charge is -2.40. The number of guanidine groups is 1. The molecule has 5 heteroatoms. The summed E-state index contributed by atoms with van der Waals surface area (Å²) in [6.07, 6.45) is 9.92. The SMILES string of the molecule is CCCCNC(=NCC1(CCOC)CCC1)NCCc1ccco1. The van der Waals surface area contributed by atoms with E-state index in [0.717, 1.165) is 57.2 Å². The highest BCUT2D eigenvalue weighted by Gasteiger charge is 2.36. The summed E-state index contributed by atoms with van der Waals surface area (Å²) in [5.41, 5.74) is 0.358. The van der Waals surface area contributed by atoms with Crippen molar-refractivity contribution in [2.45, 2.75) is 51.9 Å². The van der Waals surface area contributed by atoms with Gasteiger partial charge in [0.05, 0.1) is 6.26 Å². The lowest BCUT2D eigenvalue weighted by atomic mass is 9.67. The van der Waals surface area contributed by atoms with Gasteiger partial charge in [-0.1, -0.05) is 19.8 Å². The first kappa shape index (κ1) is 18.8. The van der Waals surface area contributed by atoms with Crippen LogP contribution in [0.1, 0.15) is 51.2 Å². The highest BCUT2D eigenvalue weighted by atomic mass is 16.5. The summed E-state index contributed by atoms with van der Waals surface area (Å²) in [6, 6.07) is 3.94. The van der Waals surface area contributed by atoms with Gasteiger partial charge in [0.1, 0.15) is 5.76 Å². The third-order valence-corrected chi connectivity index (χ3v) is 4.89. The number of nitrogens with one attached hydrogen (secondary N) is 2. The summed E-state index contributed by atoms with van der Waals surface area (Å²) in [5, 5.41) is 6.90. The largest absolute Gasteiger partial charge is 0.469 e. The third kappa shape index (κ3) is 6.19. The summed E-state index contributed by atoms with van der Waals surface area (Å²) in [6.45, 7) is 5.72. The summed E-state index contributed by atoms with van der Waals surface area (Å²) < 4.78 is 10.7. The van der Waals surface area contributed by atoms with E-state index in [1.165, 1.54) is 25.7 Å². The van der Waals surface area contributed by atoms with Crippen LogP contribution in [-0.2, 0) is 11.2 Å². The van der Waals surface area contributed by atoms with Gasteiger partial charge >= 0.3 is 0 Å². The fraction of sp³-hybridized carbons (Fsp3) is 0.737. The predicted octanol–water partition coefficient (Wildman–Crippen LogP) is 3.36. The number of aliphatic imine (C=N–C) groups is 1. The van der Waals surface area contributed by atoms with Crippen LogP contribution in [-0.4, -0.2) is 39.3 Å². The van der Waals surface area contributed by atoms with E-state index >= 15 is 0 Å². The minimum absolute atomic E-state index is 0.358. The van der Waals surface area contributed by atoms with Gasteiger partial charge in [0, 0.05) is 39.8 Å². The van der Waals surface area contributed by atoms with Gasteiger partial charge in [-0.25, -0.2) is 0 Å². The minimum Gasteiger partial charge on any atom is -0.469 e. The number of hydrogen-bond acceptors (Lipinski definition) is 3. The Morgan fingerprint density at radius 1 is 1.33 bits per heavy atom. The molecule has 0 spiro atoms. The predicted molar refractivity (Wildman–Crippen MR) is 98.4 cm³/mol. The van der Waals surface area contributed by atoms with Crippen molar-refractivity contribution >= 4 is 5.96 Å². The molecule has 0 amide bonds. The van der Waals surface area contributed by atoms with Crippen LogP contribution in [0.2, 0.25) is 0 Å². The Morgan fingerprint density at radius 3 is 2.79 bits per heavy atom. The zero-order valence-electron chi connectivity index (χ0n) is 15.3. The second-order valence-corrected chi connectivity index (χ2v) is 6.80. The maximum absolute atomic E-state index is 5.38. The number of furan rings is 1. The third-order valence-electron chi connectivity index (χ3n) is 4.89. The van der Waals surface area contributed by atoms with Crippen LogP contribution in [0.5, 0.6) is 0 Å². The number of hydrogen-bond donors (Lipinski definition) is 2. The van der Waals surface area contributed by atoms with E-state index in [1.807, 2.05) is 12.1 Å². The van der Waals surface area contributed by atoms with E-state index in [9.17, 15) is 0 Å². The highest BCUT2D eigenvalue weighted by Crippen LogP contribution is 2.44. The van der Waals surface area contributed by atoms with Crippen molar-refractivity contribution < 1.29 is 9.15 Å². The second-order valence-electron chi connectivity index (χ2n) is 6.80. The smallest absolute Gasteiger partial charge is 0.191 e. The maximum Gasteiger partial charge on any atom is 0.191 e. The summed E-state index contributed by atoms with van der Waals surface area (Å²) in [4.78, 5) is 4.87. The molecule has 0 aromatic carbocycles. The fourth-order valence-corrected chi connectivity index (χ4v) is 3.05. The van der Waals surface area contributed by atoms with Gasteiger partial charge in [0.15, 0.2) is 5.96 Å². The molecule has 136 valence electrons. The van der Waals surface area contributed by atoms with Gasteiger partial charge in [-0.05, 0) is 43.2 Å². The first-order valence-electron chi connectivity index (χ1n) is 9.31. The molecule has 0 atom stereocenters. The monoisotopic (exact) mass is 335 g/mol. The number of rotatable bonds is 11. The Labute approximate surface area is 146 Å². The number of unbranched alkanes of at least 4 members (excludes halogenated alkanes) is 1. The van der Waals surface area contributed by atoms with Gasteiger partial charge in [0.2, 0.25) is 0 Å². The molecule has 2 rings (SSSR count). The average Bonchev–Trinajstić information content (AvgIpc) is 3.06. The van der Waals surface area contributed by atoms with Crippen LogP contribution in [0, 0.1) is 5.41 Å². The summed E-state index contributed by atoms with van der Waals surface area (Å²) in [7, 11) is 1.78. The molecule has 0 bridgehead atoms. The second kappa shape index (κ2) is 10.4. The Bertz CT molecular complexity index is 467. The fourth-order valence-electron chi connectivity index (χ4n) is 3.05. The number of ether oxygens (including phenoxy) is 1. The lowest BCUT2D eigenvalue weighted by molar-refractivity contribution is 0.0778. The standard InChI is InChI=1S/C19H33N3O2/c1-3-4-12-20-18(21-13-8-17-7-5-14-24-17)22-16-19(9-6-10-19)11-15-23-2/h5,7,14H,3-4,6,8-13,15-16H2,1-2H3,(H2,20,21,22). The Hall–Kier alpha value is -1.49. The molecule has 1 aromatic heterocycles. The van der Waals surface area contributed by atoms with Crippen LogP contribution in [0.25, 0.3) is 0 Å². The van der Waals surface area contributed by atoms with Crippen molar-refractivity contribution in [3.05, 3.63) is 24.2 Å². The first-order valence-corrected chi connectivity index (χ1v) is 9.31. The Kier molecular flexibility index (Phi) is 8.16.